The summed E-state index contributed by atoms with van der Waals surface area (Å²) in [5.74, 6) is -1.08. The summed E-state index contributed by atoms with van der Waals surface area (Å²) in [4.78, 5) is 17.8. The number of aromatic amines is 2. The van der Waals surface area contributed by atoms with Crippen molar-refractivity contribution in [1.82, 2.24) is 15.3 Å². The van der Waals surface area contributed by atoms with Crippen molar-refractivity contribution in [3.8, 4) is 0 Å². The van der Waals surface area contributed by atoms with Crippen LogP contribution < -0.4 is 5.32 Å². The molecule has 1 heterocycles. The van der Waals surface area contributed by atoms with Gasteiger partial charge >= 0.3 is 0 Å². The van der Waals surface area contributed by atoms with Crippen LogP contribution in [-0.2, 0) is 9.84 Å². The fraction of sp³-hybridized carbons (Fsp3) is 0.385. The number of aromatic nitrogens is 2. The van der Waals surface area contributed by atoms with E-state index in [4.69, 9.17) is 12.2 Å². The van der Waals surface area contributed by atoms with E-state index in [1.165, 1.54) is 6.07 Å². The maximum atomic E-state index is 13.6. The molecule has 0 bridgehead atoms. The monoisotopic (exact) mass is 345 g/mol. The highest BCUT2D eigenvalue weighted by Crippen LogP contribution is 2.18. The molecule has 120 valence electrons. The van der Waals surface area contributed by atoms with Crippen LogP contribution in [0.3, 0.4) is 0 Å². The van der Waals surface area contributed by atoms with Gasteiger partial charge in [-0.25, -0.2) is 12.8 Å². The number of nitrogens with one attached hydrogen (secondary N) is 3. The number of fused-ring (bicyclic) bond motifs is 1. The Hall–Kier alpha value is -1.74. The van der Waals surface area contributed by atoms with E-state index in [1.54, 1.807) is 6.92 Å². The Morgan fingerprint density at radius 1 is 1.41 bits per heavy atom. The van der Waals surface area contributed by atoms with Crippen molar-refractivity contribution < 1.29 is 17.6 Å². The maximum absolute atomic E-state index is 13.6. The lowest BCUT2D eigenvalue weighted by Crippen LogP contribution is -2.34. The van der Waals surface area contributed by atoms with Crippen LogP contribution in [0.5, 0.6) is 0 Å². The Labute approximate surface area is 132 Å². The molecule has 0 aliphatic heterocycles. The Morgan fingerprint density at radius 3 is 2.73 bits per heavy atom. The smallest absolute Gasteiger partial charge is 0.253 e. The fourth-order valence-electron chi connectivity index (χ4n) is 2.05. The number of hydrogen-bond donors (Lipinski definition) is 3. The number of amides is 1. The summed E-state index contributed by atoms with van der Waals surface area (Å²) in [5, 5.41) is 2.66. The molecule has 0 aliphatic rings. The number of carbonyl (C=O) groups excluding carboxylic acids is 1. The number of carbonyl (C=O) groups is 1. The third-order valence-corrected chi connectivity index (χ3v) is 4.32. The molecular weight excluding hydrogens is 329 g/mol. The largest absolute Gasteiger partial charge is 0.349 e. The molecular formula is C13H16FN3O3S2. The van der Waals surface area contributed by atoms with Gasteiger partial charge < -0.3 is 15.3 Å². The molecule has 6 nitrogen and oxygen atoms in total. The highest BCUT2D eigenvalue weighted by atomic mass is 32.2. The number of imidazole rings is 1. The average Bonchev–Trinajstić information content (AvgIpc) is 2.74. The van der Waals surface area contributed by atoms with Crippen LogP contribution in [-0.4, -0.2) is 42.3 Å². The number of hydrogen-bond acceptors (Lipinski definition) is 4. The Bertz CT molecular complexity index is 870. The molecule has 0 spiro atoms. The van der Waals surface area contributed by atoms with E-state index in [1.807, 2.05) is 0 Å². The summed E-state index contributed by atoms with van der Waals surface area (Å²) >= 11 is 4.94. The minimum Gasteiger partial charge on any atom is -0.349 e. The maximum Gasteiger partial charge on any atom is 0.253 e. The van der Waals surface area contributed by atoms with Crippen LogP contribution in [0.2, 0.25) is 0 Å². The van der Waals surface area contributed by atoms with E-state index in [9.17, 15) is 17.6 Å². The molecule has 9 heteroatoms. The van der Waals surface area contributed by atoms with E-state index >= 15 is 0 Å². The molecule has 2 rings (SSSR count). The lowest BCUT2D eigenvalue weighted by atomic mass is 10.1. The van der Waals surface area contributed by atoms with Gasteiger partial charge in [-0.05, 0) is 37.7 Å². The minimum atomic E-state index is -3.09. The summed E-state index contributed by atoms with van der Waals surface area (Å²) in [5.41, 5.74) is 0.937. The van der Waals surface area contributed by atoms with Crippen molar-refractivity contribution in [3.63, 3.8) is 0 Å². The molecule has 1 atom stereocenters. The standard InChI is InChI=1S/C13H16FN3O3S2/c1-7(3-4-22(2,19)20)15-12(18)9-5-8(14)6-10-11(9)17-13(21)16-10/h5-7H,3-4H2,1-2H3,(H,15,18)(H2,16,17,21)/t7-/m1/s1. The SMILES string of the molecule is C[C@H](CCS(C)(=O)=O)NC(=O)c1cc(F)cc2[nH]c(=S)[nH]c12. The molecule has 1 amide bonds. The molecule has 0 saturated carbocycles. The summed E-state index contributed by atoms with van der Waals surface area (Å²) < 4.78 is 36.1. The van der Waals surface area contributed by atoms with Crippen molar-refractivity contribution in [1.29, 1.82) is 0 Å². The first-order valence-electron chi connectivity index (χ1n) is 6.56. The molecule has 1 aromatic heterocycles. The summed E-state index contributed by atoms with van der Waals surface area (Å²) in [6.07, 6.45) is 1.42. The summed E-state index contributed by atoms with van der Waals surface area (Å²) in [6, 6.07) is 1.99. The van der Waals surface area contributed by atoms with Gasteiger partial charge in [-0.1, -0.05) is 0 Å². The van der Waals surface area contributed by atoms with Crippen LogP contribution in [0, 0.1) is 10.6 Å². The molecule has 0 fully saturated rings. The first kappa shape index (κ1) is 16.6. The van der Waals surface area contributed by atoms with Gasteiger partial charge in [0.2, 0.25) is 0 Å². The second-order valence-corrected chi connectivity index (χ2v) is 7.92. The van der Waals surface area contributed by atoms with Crippen molar-refractivity contribution in [2.45, 2.75) is 19.4 Å². The third kappa shape index (κ3) is 4.14. The van der Waals surface area contributed by atoms with Crippen molar-refractivity contribution >= 4 is 39.0 Å². The van der Waals surface area contributed by atoms with Crippen LogP contribution >= 0.6 is 12.2 Å². The van der Waals surface area contributed by atoms with E-state index in [-0.39, 0.29) is 23.8 Å². The van der Waals surface area contributed by atoms with Gasteiger partial charge in [0.1, 0.15) is 15.7 Å². The van der Waals surface area contributed by atoms with Crippen molar-refractivity contribution in [2.24, 2.45) is 0 Å². The third-order valence-electron chi connectivity index (χ3n) is 3.13. The lowest BCUT2D eigenvalue weighted by molar-refractivity contribution is 0.0940. The van der Waals surface area contributed by atoms with Gasteiger partial charge in [0.05, 0.1) is 22.3 Å². The zero-order valence-corrected chi connectivity index (χ0v) is 13.7. The minimum absolute atomic E-state index is 0.0282. The second-order valence-electron chi connectivity index (χ2n) is 5.25. The van der Waals surface area contributed by atoms with Gasteiger partial charge in [-0.2, -0.15) is 0 Å². The normalized spacial score (nSPS) is 13.2. The number of sulfone groups is 1. The average molecular weight is 345 g/mol. The quantitative estimate of drug-likeness (QED) is 0.722. The molecule has 0 radical (unpaired) electrons. The highest BCUT2D eigenvalue weighted by molar-refractivity contribution is 7.90. The Balaban J connectivity index is 2.21. The van der Waals surface area contributed by atoms with E-state index < -0.39 is 21.6 Å². The highest BCUT2D eigenvalue weighted by Gasteiger charge is 2.17. The molecule has 0 unspecified atom stereocenters. The van der Waals surface area contributed by atoms with E-state index in [2.05, 4.69) is 15.3 Å². The Morgan fingerprint density at radius 2 is 2.09 bits per heavy atom. The number of H-pyrrole nitrogens is 2. The number of rotatable bonds is 5. The molecule has 2 aromatic rings. The predicted octanol–water partition coefficient (Wildman–Crippen LogP) is 1.92. The van der Waals surface area contributed by atoms with Crippen LogP contribution in [0.4, 0.5) is 4.39 Å². The summed E-state index contributed by atoms with van der Waals surface area (Å²) in [6.45, 7) is 1.69. The fourth-order valence-corrected chi connectivity index (χ4v) is 3.04. The van der Waals surface area contributed by atoms with Crippen molar-refractivity contribution in [3.05, 3.63) is 28.3 Å². The van der Waals surface area contributed by atoms with Crippen LogP contribution in [0.1, 0.15) is 23.7 Å². The first-order valence-corrected chi connectivity index (χ1v) is 9.03. The van der Waals surface area contributed by atoms with E-state index in [0.717, 1.165) is 12.3 Å². The van der Waals surface area contributed by atoms with Gasteiger partial charge in [-0.15, -0.1) is 0 Å². The predicted molar refractivity (Wildman–Crippen MR) is 84.7 cm³/mol. The van der Waals surface area contributed by atoms with Crippen LogP contribution in [0.15, 0.2) is 12.1 Å². The zero-order chi connectivity index (χ0) is 16.5. The van der Waals surface area contributed by atoms with Gasteiger partial charge in [0.25, 0.3) is 5.91 Å². The van der Waals surface area contributed by atoms with Crippen LogP contribution in [0.25, 0.3) is 11.0 Å². The van der Waals surface area contributed by atoms with Crippen molar-refractivity contribution in [2.75, 3.05) is 12.0 Å². The van der Waals surface area contributed by atoms with E-state index in [0.29, 0.717) is 15.8 Å². The molecule has 22 heavy (non-hydrogen) atoms. The number of benzene rings is 1. The molecule has 3 N–H and O–H groups in total. The topological polar surface area (TPSA) is 94.8 Å². The van der Waals surface area contributed by atoms with Gasteiger partial charge in [0.15, 0.2) is 4.77 Å². The zero-order valence-electron chi connectivity index (χ0n) is 12.1. The summed E-state index contributed by atoms with van der Waals surface area (Å²) in [7, 11) is -3.09. The van der Waals surface area contributed by atoms with Gasteiger partial charge in [-0.3, -0.25) is 4.79 Å². The lowest BCUT2D eigenvalue weighted by Gasteiger charge is -2.13. The molecule has 0 saturated heterocycles. The van der Waals surface area contributed by atoms with Gasteiger partial charge in [0, 0.05) is 12.3 Å². The second kappa shape index (κ2) is 6.17. The molecule has 1 aromatic carbocycles. The first-order chi connectivity index (χ1) is 10.2. The Kier molecular flexibility index (Phi) is 4.66. The molecule has 0 aliphatic carbocycles. The number of halogens is 1.